The molecule has 0 unspecified atom stereocenters. The summed E-state index contributed by atoms with van der Waals surface area (Å²) >= 11 is 0. The van der Waals surface area contributed by atoms with E-state index in [-0.39, 0.29) is 5.88 Å². The summed E-state index contributed by atoms with van der Waals surface area (Å²) < 4.78 is 0.790. The number of carboxylic acid groups (broad SMARTS) is 1. The van der Waals surface area contributed by atoms with Crippen molar-refractivity contribution in [1.29, 1.82) is 0 Å². The molecule has 3 aromatic rings. The molecular formula is C17H11NO3. The first-order chi connectivity index (χ1) is 10.2. The first-order valence-electron chi connectivity index (χ1n) is 6.30. The summed E-state index contributed by atoms with van der Waals surface area (Å²) in [7, 11) is 0. The summed E-state index contributed by atoms with van der Waals surface area (Å²) in [5, 5.41) is 20.0. The van der Waals surface area contributed by atoms with Gasteiger partial charge in [0.25, 0.3) is 0 Å². The Kier molecular flexibility index (Phi) is 3.09. The Bertz CT molecular complexity index is 883. The number of rotatable bonds is 0. The standard InChI is InChI=1S/C17H11NO3/c19-16-14-8-4-7-13(15(14)11-18(16)17(20)21)10-9-12-5-2-1-3-6-12/h1-8,11,19H,(H,20,21). The third kappa shape index (κ3) is 2.33. The van der Waals surface area contributed by atoms with E-state index in [0.29, 0.717) is 16.3 Å². The van der Waals surface area contributed by atoms with E-state index < -0.39 is 6.09 Å². The average Bonchev–Trinajstić information content (AvgIpc) is 2.84. The van der Waals surface area contributed by atoms with E-state index in [4.69, 9.17) is 5.11 Å². The molecule has 1 aromatic heterocycles. The van der Waals surface area contributed by atoms with Crippen molar-refractivity contribution in [3.05, 3.63) is 65.9 Å². The van der Waals surface area contributed by atoms with Gasteiger partial charge in [0.15, 0.2) is 0 Å². The van der Waals surface area contributed by atoms with E-state index in [1.165, 1.54) is 6.20 Å². The highest BCUT2D eigenvalue weighted by Crippen LogP contribution is 2.29. The second-order valence-electron chi connectivity index (χ2n) is 4.49. The fraction of sp³-hybridized carbons (Fsp3) is 0. The van der Waals surface area contributed by atoms with Crippen LogP contribution in [0.2, 0.25) is 0 Å². The molecule has 2 aromatic carbocycles. The predicted molar refractivity (Wildman–Crippen MR) is 79.4 cm³/mol. The zero-order valence-corrected chi connectivity index (χ0v) is 10.9. The quantitative estimate of drug-likeness (QED) is 0.620. The lowest BCUT2D eigenvalue weighted by Crippen LogP contribution is -2.04. The van der Waals surface area contributed by atoms with Crippen LogP contribution in [0.25, 0.3) is 10.8 Å². The Labute approximate surface area is 120 Å². The summed E-state index contributed by atoms with van der Waals surface area (Å²) in [4.78, 5) is 11.0. The summed E-state index contributed by atoms with van der Waals surface area (Å²) in [6.45, 7) is 0. The SMILES string of the molecule is O=C(O)n1cc2c(C#Cc3ccccc3)cccc2c1O. The first-order valence-corrected chi connectivity index (χ1v) is 6.30. The molecule has 1 heterocycles. The van der Waals surface area contributed by atoms with Gasteiger partial charge < -0.3 is 10.2 Å². The van der Waals surface area contributed by atoms with Crippen LogP contribution >= 0.6 is 0 Å². The highest BCUT2D eigenvalue weighted by molar-refractivity contribution is 5.96. The fourth-order valence-corrected chi connectivity index (χ4v) is 2.14. The van der Waals surface area contributed by atoms with Crippen molar-refractivity contribution in [1.82, 2.24) is 4.57 Å². The van der Waals surface area contributed by atoms with Gasteiger partial charge in [-0.2, -0.15) is 0 Å². The van der Waals surface area contributed by atoms with Crippen LogP contribution in [0.5, 0.6) is 5.88 Å². The molecule has 0 atom stereocenters. The van der Waals surface area contributed by atoms with Gasteiger partial charge in [-0.25, -0.2) is 9.36 Å². The number of nitrogens with zero attached hydrogens (tertiary/aromatic N) is 1. The average molecular weight is 277 g/mol. The van der Waals surface area contributed by atoms with Gasteiger partial charge in [-0.3, -0.25) is 0 Å². The predicted octanol–water partition coefficient (Wildman–Crippen LogP) is 3.27. The summed E-state index contributed by atoms with van der Waals surface area (Å²) in [6, 6.07) is 14.7. The second-order valence-corrected chi connectivity index (χ2v) is 4.49. The van der Waals surface area contributed by atoms with Crippen LogP contribution in [0.1, 0.15) is 11.1 Å². The maximum Gasteiger partial charge on any atom is 0.418 e. The van der Waals surface area contributed by atoms with Crippen molar-refractivity contribution in [2.24, 2.45) is 0 Å². The fourth-order valence-electron chi connectivity index (χ4n) is 2.14. The van der Waals surface area contributed by atoms with Gasteiger partial charge in [-0.1, -0.05) is 36.1 Å². The normalized spacial score (nSPS) is 10.1. The number of aromatic nitrogens is 1. The molecule has 0 aliphatic rings. The summed E-state index contributed by atoms with van der Waals surface area (Å²) in [5.41, 5.74) is 1.54. The van der Waals surface area contributed by atoms with Crippen molar-refractivity contribution in [3.63, 3.8) is 0 Å². The van der Waals surface area contributed by atoms with Crippen LogP contribution in [0.4, 0.5) is 4.79 Å². The van der Waals surface area contributed by atoms with Crippen LogP contribution in [-0.4, -0.2) is 20.9 Å². The number of hydrogen-bond donors (Lipinski definition) is 2. The second kappa shape index (κ2) is 5.06. The Hall–Kier alpha value is -3.19. The van der Waals surface area contributed by atoms with Crippen LogP contribution in [0.3, 0.4) is 0 Å². The molecule has 0 spiro atoms. The number of fused-ring (bicyclic) bond motifs is 1. The minimum absolute atomic E-state index is 0.291. The molecular weight excluding hydrogens is 266 g/mol. The van der Waals surface area contributed by atoms with E-state index in [1.807, 2.05) is 30.3 Å². The van der Waals surface area contributed by atoms with Crippen molar-refractivity contribution >= 4 is 16.9 Å². The minimum Gasteiger partial charge on any atom is -0.494 e. The summed E-state index contributed by atoms with van der Waals surface area (Å²) in [6.07, 6.45) is 0.146. The van der Waals surface area contributed by atoms with Gasteiger partial charge in [-0.05, 0) is 24.3 Å². The lowest BCUT2D eigenvalue weighted by molar-refractivity contribution is 0.193. The molecule has 21 heavy (non-hydrogen) atoms. The van der Waals surface area contributed by atoms with Gasteiger partial charge in [0, 0.05) is 28.1 Å². The molecule has 0 aliphatic heterocycles. The highest BCUT2D eigenvalue weighted by atomic mass is 16.4. The number of carbonyl (C=O) groups is 1. The Morgan fingerprint density at radius 1 is 0.952 bits per heavy atom. The smallest absolute Gasteiger partial charge is 0.418 e. The van der Waals surface area contributed by atoms with E-state index in [0.717, 1.165) is 10.1 Å². The maximum absolute atomic E-state index is 11.0. The van der Waals surface area contributed by atoms with Gasteiger partial charge in [-0.15, -0.1) is 0 Å². The van der Waals surface area contributed by atoms with Crippen LogP contribution in [-0.2, 0) is 0 Å². The van der Waals surface area contributed by atoms with Crippen LogP contribution in [0.15, 0.2) is 54.7 Å². The Morgan fingerprint density at radius 2 is 1.71 bits per heavy atom. The number of benzene rings is 2. The van der Waals surface area contributed by atoms with Gasteiger partial charge in [0.05, 0.1) is 0 Å². The zero-order valence-electron chi connectivity index (χ0n) is 10.9. The van der Waals surface area contributed by atoms with Crippen molar-refractivity contribution < 1.29 is 15.0 Å². The third-order valence-electron chi connectivity index (χ3n) is 3.15. The lowest BCUT2D eigenvalue weighted by atomic mass is 10.1. The molecule has 4 nitrogen and oxygen atoms in total. The monoisotopic (exact) mass is 277 g/mol. The van der Waals surface area contributed by atoms with Crippen LogP contribution < -0.4 is 0 Å². The zero-order chi connectivity index (χ0) is 14.8. The van der Waals surface area contributed by atoms with E-state index >= 15 is 0 Å². The Morgan fingerprint density at radius 3 is 2.43 bits per heavy atom. The largest absolute Gasteiger partial charge is 0.494 e. The van der Waals surface area contributed by atoms with Crippen molar-refractivity contribution in [2.45, 2.75) is 0 Å². The highest BCUT2D eigenvalue weighted by Gasteiger charge is 2.14. The van der Waals surface area contributed by atoms with Crippen LogP contribution in [0, 0.1) is 11.8 Å². The molecule has 0 saturated heterocycles. The van der Waals surface area contributed by atoms with Gasteiger partial charge in [0.2, 0.25) is 5.88 Å². The van der Waals surface area contributed by atoms with E-state index in [2.05, 4.69) is 11.8 Å². The topological polar surface area (TPSA) is 62.5 Å². The molecule has 102 valence electrons. The Balaban J connectivity index is 2.14. The molecule has 0 saturated carbocycles. The minimum atomic E-state index is -1.23. The first kappa shape index (κ1) is 12.8. The van der Waals surface area contributed by atoms with Crippen molar-refractivity contribution in [2.75, 3.05) is 0 Å². The maximum atomic E-state index is 11.0. The molecule has 0 bridgehead atoms. The lowest BCUT2D eigenvalue weighted by Gasteiger charge is -1.95. The van der Waals surface area contributed by atoms with Crippen molar-refractivity contribution in [3.8, 4) is 17.7 Å². The third-order valence-corrected chi connectivity index (χ3v) is 3.15. The number of hydrogen-bond acceptors (Lipinski definition) is 2. The molecule has 4 heteroatoms. The molecule has 0 amide bonds. The molecule has 0 aliphatic carbocycles. The summed E-state index contributed by atoms with van der Waals surface area (Å²) in [5.74, 6) is 5.75. The molecule has 0 radical (unpaired) electrons. The van der Waals surface area contributed by atoms with E-state index in [9.17, 15) is 9.90 Å². The molecule has 0 fully saturated rings. The van der Waals surface area contributed by atoms with Gasteiger partial charge >= 0.3 is 6.09 Å². The molecule has 3 rings (SSSR count). The van der Waals surface area contributed by atoms with Gasteiger partial charge in [0.1, 0.15) is 0 Å². The van der Waals surface area contributed by atoms with E-state index in [1.54, 1.807) is 18.2 Å². The number of aromatic hydroxyl groups is 1. The molecule has 2 N–H and O–H groups in total.